The fraction of sp³-hybridized carbons (Fsp3) is 0.143. The summed E-state index contributed by atoms with van der Waals surface area (Å²) in [5, 5.41) is 5.77. The van der Waals surface area contributed by atoms with Crippen LogP contribution in [0.4, 0.5) is 0 Å². The van der Waals surface area contributed by atoms with E-state index in [0.717, 1.165) is 6.42 Å². The first-order valence-electron chi connectivity index (χ1n) is 10.6. The predicted molar refractivity (Wildman–Crippen MR) is 131 cm³/mol. The molecular weight excluding hydrogens is 367 g/mol. The summed E-state index contributed by atoms with van der Waals surface area (Å²) in [6, 6.07) is 42.8. The standard InChI is InChI=1S/C28H29P/c1-2-3-14-24-15-13-22-28(23-24)29(25-16-7-4-8-17-25,26-18-9-5-10-19-26)27-20-11-6-12-21-27/h4-13,15-23,29H,2-3,14H2,1H3. The molecule has 4 rings (SSSR count). The van der Waals surface area contributed by atoms with Crippen LogP contribution in [0.5, 0.6) is 0 Å². The molecule has 0 unspecified atom stereocenters. The molecule has 0 spiro atoms. The van der Waals surface area contributed by atoms with Gasteiger partial charge in [-0.15, -0.1) is 0 Å². The Balaban J connectivity index is 2.04. The third kappa shape index (κ3) is 3.91. The third-order valence-electron chi connectivity index (χ3n) is 5.80. The molecule has 0 aliphatic rings. The zero-order valence-electron chi connectivity index (χ0n) is 17.1. The van der Waals surface area contributed by atoms with Crippen molar-refractivity contribution in [1.82, 2.24) is 0 Å². The summed E-state index contributed by atoms with van der Waals surface area (Å²) in [4.78, 5) is 0. The van der Waals surface area contributed by atoms with E-state index in [1.807, 2.05) is 0 Å². The van der Waals surface area contributed by atoms with Crippen molar-refractivity contribution in [2.45, 2.75) is 26.2 Å². The molecule has 4 aromatic rings. The van der Waals surface area contributed by atoms with Gasteiger partial charge < -0.3 is 0 Å². The molecule has 0 atom stereocenters. The molecule has 0 saturated carbocycles. The van der Waals surface area contributed by atoms with E-state index in [-0.39, 0.29) is 0 Å². The Bertz CT molecular complexity index is 927. The van der Waals surface area contributed by atoms with Crippen molar-refractivity contribution in [2.75, 3.05) is 0 Å². The Labute approximate surface area is 175 Å². The van der Waals surface area contributed by atoms with Crippen molar-refractivity contribution in [3.63, 3.8) is 0 Å². The number of benzene rings is 4. The maximum atomic E-state index is 2.48. The van der Waals surface area contributed by atoms with Crippen molar-refractivity contribution in [3.05, 3.63) is 121 Å². The van der Waals surface area contributed by atoms with Gasteiger partial charge in [0.1, 0.15) is 0 Å². The van der Waals surface area contributed by atoms with Crippen molar-refractivity contribution < 1.29 is 0 Å². The quantitative estimate of drug-likeness (QED) is 0.368. The van der Waals surface area contributed by atoms with Crippen LogP contribution in [0.15, 0.2) is 115 Å². The maximum absolute atomic E-state index is 2.48. The van der Waals surface area contributed by atoms with Crippen LogP contribution in [-0.2, 0) is 6.42 Å². The van der Waals surface area contributed by atoms with E-state index >= 15 is 0 Å². The van der Waals surface area contributed by atoms with Crippen LogP contribution in [-0.4, -0.2) is 0 Å². The number of hydrogen-bond donors (Lipinski definition) is 0. The van der Waals surface area contributed by atoms with E-state index in [0.29, 0.717) is 0 Å². The molecule has 0 aliphatic carbocycles. The third-order valence-corrected chi connectivity index (χ3v) is 10.6. The van der Waals surface area contributed by atoms with Gasteiger partial charge in [-0.3, -0.25) is 0 Å². The fourth-order valence-corrected chi connectivity index (χ4v) is 9.23. The summed E-state index contributed by atoms with van der Waals surface area (Å²) in [5.74, 6) is 0. The Kier molecular flexibility index (Phi) is 6.23. The fourth-order valence-electron chi connectivity index (χ4n) is 4.41. The Morgan fingerprint density at radius 1 is 0.517 bits per heavy atom. The molecule has 0 aliphatic heterocycles. The van der Waals surface area contributed by atoms with Gasteiger partial charge in [-0.1, -0.05) is 0 Å². The van der Waals surface area contributed by atoms with Crippen LogP contribution in [0, 0.1) is 0 Å². The molecule has 0 fully saturated rings. The topological polar surface area (TPSA) is 0 Å². The van der Waals surface area contributed by atoms with Crippen molar-refractivity contribution in [3.8, 4) is 0 Å². The van der Waals surface area contributed by atoms with Gasteiger partial charge in [-0.2, -0.15) is 0 Å². The Morgan fingerprint density at radius 3 is 1.41 bits per heavy atom. The SMILES string of the molecule is CCCCc1cccc([PH](c2ccccc2)(c2ccccc2)c2ccccc2)c1. The minimum absolute atomic E-state index is 1.15. The van der Waals surface area contributed by atoms with E-state index < -0.39 is 7.26 Å². The monoisotopic (exact) mass is 396 g/mol. The molecule has 146 valence electrons. The first-order valence-corrected chi connectivity index (χ1v) is 12.6. The second-order valence-corrected chi connectivity index (χ2v) is 11.5. The van der Waals surface area contributed by atoms with E-state index in [2.05, 4.69) is 122 Å². The second-order valence-electron chi connectivity index (χ2n) is 7.65. The van der Waals surface area contributed by atoms with Gasteiger partial charge in [0.15, 0.2) is 0 Å². The normalized spacial score (nSPS) is 11.9. The summed E-state index contributed by atoms with van der Waals surface area (Å²) in [6.07, 6.45) is 3.61. The molecule has 0 N–H and O–H groups in total. The van der Waals surface area contributed by atoms with Crippen LogP contribution >= 0.6 is 7.26 Å². The Morgan fingerprint density at radius 2 is 0.966 bits per heavy atom. The van der Waals surface area contributed by atoms with Crippen LogP contribution in [0.25, 0.3) is 0 Å². The minimum atomic E-state index is -2.37. The summed E-state index contributed by atoms with van der Waals surface area (Å²) < 4.78 is 0. The van der Waals surface area contributed by atoms with Crippen molar-refractivity contribution in [1.29, 1.82) is 0 Å². The van der Waals surface area contributed by atoms with Gasteiger partial charge in [-0.25, -0.2) is 0 Å². The van der Waals surface area contributed by atoms with Gasteiger partial charge in [0.05, 0.1) is 0 Å². The predicted octanol–water partition coefficient (Wildman–Crippen LogP) is 5.38. The van der Waals surface area contributed by atoms with Gasteiger partial charge in [0.2, 0.25) is 0 Å². The molecule has 29 heavy (non-hydrogen) atoms. The first kappa shape index (κ1) is 19.6. The zero-order chi connectivity index (χ0) is 19.9. The Hall–Kier alpha value is -2.69. The summed E-state index contributed by atoms with van der Waals surface area (Å²) in [7, 11) is -2.37. The van der Waals surface area contributed by atoms with Crippen LogP contribution in [0.1, 0.15) is 25.3 Å². The van der Waals surface area contributed by atoms with Crippen LogP contribution in [0.3, 0.4) is 0 Å². The average molecular weight is 397 g/mol. The average Bonchev–Trinajstić information content (AvgIpc) is 2.81. The number of rotatable bonds is 7. The van der Waals surface area contributed by atoms with Gasteiger partial charge in [-0.05, 0) is 0 Å². The van der Waals surface area contributed by atoms with Crippen molar-refractivity contribution >= 4 is 28.5 Å². The molecule has 0 nitrogen and oxygen atoms in total. The number of aryl methyl sites for hydroxylation is 1. The zero-order valence-corrected chi connectivity index (χ0v) is 18.1. The number of unbranched alkanes of at least 4 members (excludes halogenated alkanes) is 1. The molecule has 0 heterocycles. The molecule has 0 amide bonds. The van der Waals surface area contributed by atoms with E-state index in [1.165, 1.54) is 39.6 Å². The molecule has 0 saturated heterocycles. The van der Waals surface area contributed by atoms with Gasteiger partial charge >= 0.3 is 175 Å². The number of hydrogen-bond acceptors (Lipinski definition) is 0. The molecule has 0 aromatic heterocycles. The van der Waals surface area contributed by atoms with Crippen LogP contribution in [0.2, 0.25) is 0 Å². The van der Waals surface area contributed by atoms with Gasteiger partial charge in [0, 0.05) is 0 Å². The molecular formula is C28H29P. The molecule has 1 heteroatoms. The summed E-state index contributed by atoms with van der Waals surface area (Å²) in [6.45, 7) is 2.26. The molecule has 0 radical (unpaired) electrons. The molecule has 4 aromatic carbocycles. The van der Waals surface area contributed by atoms with E-state index in [4.69, 9.17) is 0 Å². The van der Waals surface area contributed by atoms with Gasteiger partial charge in [0.25, 0.3) is 0 Å². The van der Waals surface area contributed by atoms with E-state index in [9.17, 15) is 0 Å². The van der Waals surface area contributed by atoms with E-state index in [1.54, 1.807) is 0 Å². The van der Waals surface area contributed by atoms with Crippen LogP contribution < -0.4 is 21.2 Å². The first-order chi connectivity index (χ1) is 14.4. The van der Waals surface area contributed by atoms with Crippen molar-refractivity contribution in [2.24, 2.45) is 0 Å². The molecule has 0 bridgehead atoms. The second kappa shape index (κ2) is 9.21. The summed E-state index contributed by atoms with van der Waals surface area (Å²) in [5.41, 5.74) is 1.45. The summed E-state index contributed by atoms with van der Waals surface area (Å²) >= 11 is 0.